The predicted molar refractivity (Wildman–Crippen MR) is 85.8 cm³/mol. The molecule has 110 valence electrons. The molecule has 0 aliphatic rings. The quantitative estimate of drug-likeness (QED) is 0.782. The molecule has 2 rings (SSSR count). The van der Waals surface area contributed by atoms with Crippen molar-refractivity contribution in [3.63, 3.8) is 0 Å². The van der Waals surface area contributed by atoms with E-state index in [1.165, 1.54) is 0 Å². The van der Waals surface area contributed by atoms with Gasteiger partial charge < -0.3 is 15.4 Å². The zero-order chi connectivity index (χ0) is 14.4. The van der Waals surface area contributed by atoms with E-state index in [0.717, 1.165) is 35.4 Å². The van der Waals surface area contributed by atoms with Crippen LogP contribution in [0.15, 0.2) is 11.4 Å². The highest BCUT2D eigenvalue weighted by atomic mass is 32.1. The fraction of sp³-hybridized carbons (Fsp3) is 0.571. The van der Waals surface area contributed by atoms with Crippen molar-refractivity contribution in [3.05, 3.63) is 11.4 Å². The lowest BCUT2D eigenvalue weighted by Crippen LogP contribution is -2.25. The number of methoxy groups -OCH3 is 1. The Kier molecular flexibility index (Phi) is 5.55. The number of aromatic nitrogens is 2. The van der Waals surface area contributed by atoms with Gasteiger partial charge in [0.05, 0.1) is 18.0 Å². The molecule has 2 N–H and O–H groups in total. The van der Waals surface area contributed by atoms with Crippen molar-refractivity contribution in [1.29, 1.82) is 0 Å². The largest absolute Gasteiger partial charge is 0.383 e. The van der Waals surface area contributed by atoms with Gasteiger partial charge in [-0.2, -0.15) is 4.98 Å². The Morgan fingerprint density at radius 1 is 1.35 bits per heavy atom. The summed E-state index contributed by atoms with van der Waals surface area (Å²) >= 11 is 1.63. The second kappa shape index (κ2) is 7.40. The van der Waals surface area contributed by atoms with Crippen LogP contribution in [0.1, 0.15) is 26.7 Å². The molecule has 0 aliphatic carbocycles. The van der Waals surface area contributed by atoms with E-state index in [1.54, 1.807) is 18.4 Å². The summed E-state index contributed by atoms with van der Waals surface area (Å²) in [5.74, 6) is 1.57. The lowest BCUT2D eigenvalue weighted by Gasteiger charge is -2.18. The number of nitrogens with zero attached hydrogens (tertiary/aromatic N) is 2. The number of anilines is 2. The van der Waals surface area contributed by atoms with Crippen LogP contribution in [0.25, 0.3) is 10.2 Å². The number of ether oxygens (including phenoxy) is 1. The van der Waals surface area contributed by atoms with Crippen molar-refractivity contribution in [3.8, 4) is 0 Å². The summed E-state index contributed by atoms with van der Waals surface area (Å²) < 4.78 is 5.28. The van der Waals surface area contributed by atoms with Crippen molar-refractivity contribution < 1.29 is 4.74 Å². The van der Waals surface area contributed by atoms with Crippen LogP contribution in [-0.2, 0) is 4.74 Å². The Morgan fingerprint density at radius 3 is 2.90 bits per heavy atom. The third-order valence-corrected chi connectivity index (χ3v) is 3.81. The molecule has 0 amide bonds. The van der Waals surface area contributed by atoms with Gasteiger partial charge in [-0.15, -0.1) is 11.3 Å². The summed E-state index contributed by atoms with van der Waals surface area (Å²) in [5, 5.41) is 9.80. The van der Waals surface area contributed by atoms with E-state index < -0.39 is 0 Å². The molecule has 20 heavy (non-hydrogen) atoms. The van der Waals surface area contributed by atoms with Crippen LogP contribution in [0.4, 0.5) is 11.8 Å². The average molecular weight is 294 g/mol. The summed E-state index contributed by atoms with van der Waals surface area (Å²) in [6.45, 7) is 5.71. The molecule has 2 aromatic rings. The van der Waals surface area contributed by atoms with Gasteiger partial charge in [0.2, 0.25) is 5.95 Å². The third kappa shape index (κ3) is 3.58. The third-order valence-electron chi connectivity index (χ3n) is 3.01. The van der Waals surface area contributed by atoms with E-state index in [2.05, 4.69) is 33.6 Å². The molecule has 2 aromatic heterocycles. The Morgan fingerprint density at radius 2 is 2.20 bits per heavy atom. The lowest BCUT2D eigenvalue weighted by atomic mass is 10.2. The zero-order valence-electron chi connectivity index (χ0n) is 12.3. The van der Waals surface area contributed by atoms with Gasteiger partial charge in [0.15, 0.2) is 0 Å². The summed E-state index contributed by atoms with van der Waals surface area (Å²) in [6, 6.07) is 2.34. The highest BCUT2D eigenvalue weighted by molar-refractivity contribution is 7.16. The normalized spacial score (nSPS) is 12.6. The van der Waals surface area contributed by atoms with E-state index >= 15 is 0 Å². The first-order chi connectivity index (χ1) is 9.78. The van der Waals surface area contributed by atoms with Crippen LogP contribution in [0, 0.1) is 0 Å². The molecule has 0 radical (unpaired) electrons. The van der Waals surface area contributed by atoms with Gasteiger partial charge >= 0.3 is 0 Å². The van der Waals surface area contributed by atoms with Gasteiger partial charge in [-0.25, -0.2) is 4.98 Å². The molecule has 0 spiro atoms. The minimum Gasteiger partial charge on any atom is -0.383 e. The van der Waals surface area contributed by atoms with Crippen LogP contribution in [0.2, 0.25) is 0 Å². The van der Waals surface area contributed by atoms with Crippen LogP contribution in [-0.4, -0.2) is 36.3 Å². The smallest absolute Gasteiger partial charge is 0.226 e. The highest BCUT2D eigenvalue weighted by Gasteiger charge is 2.13. The zero-order valence-corrected chi connectivity index (χ0v) is 13.1. The molecule has 5 nitrogen and oxygen atoms in total. The topological polar surface area (TPSA) is 59.1 Å². The Bertz CT molecular complexity index is 537. The van der Waals surface area contributed by atoms with E-state index in [-0.39, 0.29) is 6.04 Å². The monoisotopic (exact) mass is 294 g/mol. The second-order valence-corrected chi connectivity index (χ2v) is 5.55. The van der Waals surface area contributed by atoms with Crippen LogP contribution >= 0.6 is 11.3 Å². The van der Waals surface area contributed by atoms with Gasteiger partial charge in [0, 0.05) is 13.7 Å². The highest BCUT2D eigenvalue weighted by Crippen LogP contribution is 2.27. The van der Waals surface area contributed by atoms with Crippen molar-refractivity contribution in [1.82, 2.24) is 9.97 Å². The first kappa shape index (κ1) is 15.0. The fourth-order valence-corrected chi connectivity index (χ4v) is 2.91. The molecular formula is C14H22N4OS. The van der Waals surface area contributed by atoms with E-state index in [9.17, 15) is 0 Å². The summed E-state index contributed by atoms with van der Waals surface area (Å²) in [4.78, 5) is 10.1. The molecule has 0 saturated heterocycles. The maximum absolute atomic E-state index is 5.28. The van der Waals surface area contributed by atoms with Crippen LogP contribution in [0.5, 0.6) is 0 Å². The molecule has 0 aliphatic heterocycles. The van der Waals surface area contributed by atoms with E-state index in [1.807, 2.05) is 12.3 Å². The van der Waals surface area contributed by atoms with Gasteiger partial charge in [-0.1, -0.05) is 13.3 Å². The average Bonchev–Trinajstić information content (AvgIpc) is 2.88. The van der Waals surface area contributed by atoms with Crippen molar-refractivity contribution >= 4 is 33.3 Å². The number of hydrogen-bond acceptors (Lipinski definition) is 6. The van der Waals surface area contributed by atoms with Crippen molar-refractivity contribution in [2.24, 2.45) is 0 Å². The van der Waals surface area contributed by atoms with Crippen molar-refractivity contribution in [2.45, 2.75) is 32.7 Å². The Balaban J connectivity index is 2.28. The molecule has 0 bridgehead atoms. The van der Waals surface area contributed by atoms with E-state index in [4.69, 9.17) is 4.74 Å². The first-order valence-electron chi connectivity index (χ1n) is 7.03. The summed E-state index contributed by atoms with van der Waals surface area (Å²) in [7, 11) is 1.73. The fourth-order valence-electron chi connectivity index (χ4n) is 2.14. The van der Waals surface area contributed by atoms with Gasteiger partial charge in [0.25, 0.3) is 0 Å². The summed E-state index contributed by atoms with van der Waals surface area (Å²) in [6.07, 6.45) is 2.17. The molecule has 2 heterocycles. The lowest BCUT2D eigenvalue weighted by molar-refractivity contribution is 0.182. The van der Waals surface area contributed by atoms with Crippen LogP contribution < -0.4 is 10.6 Å². The minimum absolute atomic E-state index is 0.275. The number of nitrogens with one attached hydrogen (secondary N) is 2. The predicted octanol–water partition coefficient (Wildman–Crippen LogP) is 3.35. The first-order valence-corrected chi connectivity index (χ1v) is 7.91. The molecule has 0 fully saturated rings. The molecule has 1 atom stereocenters. The maximum atomic E-state index is 5.28. The van der Waals surface area contributed by atoms with Crippen molar-refractivity contribution in [2.75, 3.05) is 30.9 Å². The summed E-state index contributed by atoms with van der Waals surface area (Å²) in [5.41, 5.74) is 0. The number of fused-ring (bicyclic) bond motifs is 1. The maximum Gasteiger partial charge on any atom is 0.226 e. The molecule has 6 heteroatoms. The molecule has 0 saturated carbocycles. The van der Waals surface area contributed by atoms with Crippen LogP contribution in [0.3, 0.4) is 0 Å². The Hall–Kier alpha value is -1.40. The van der Waals surface area contributed by atoms with Gasteiger partial charge in [0.1, 0.15) is 10.6 Å². The van der Waals surface area contributed by atoms with Gasteiger partial charge in [-0.3, -0.25) is 0 Å². The Labute approximate surface area is 123 Å². The molecule has 0 aromatic carbocycles. The second-order valence-electron chi connectivity index (χ2n) is 4.65. The standard InChI is InChI=1S/C14H22N4OS/c1-4-6-10(9-19-3)16-12-11-7-8-20-13(11)18-14(17-12)15-5-2/h7-8,10H,4-6,9H2,1-3H3,(H2,15,16,17,18). The number of thiophene rings is 1. The van der Waals surface area contributed by atoms with E-state index in [0.29, 0.717) is 12.6 Å². The minimum atomic E-state index is 0.275. The molecular weight excluding hydrogens is 272 g/mol. The number of hydrogen-bond donors (Lipinski definition) is 2. The SMILES string of the molecule is CCCC(COC)Nc1nc(NCC)nc2sccc12. The number of rotatable bonds is 8. The van der Waals surface area contributed by atoms with Gasteiger partial charge in [-0.05, 0) is 24.8 Å². The molecule has 1 unspecified atom stereocenters.